The number of phenols is 1. The number of hydrogen-bond donors (Lipinski definition) is 4. The van der Waals surface area contributed by atoms with Crippen molar-refractivity contribution in [3.63, 3.8) is 0 Å². The van der Waals surface area contributed by atoms with Crippen LogP contribution in [0.2, 0.25) is 0 Å². The first-order chi connectivity index (χ1) is 15.2. The van der Waals surface area contributed by atoms with Gasteiger partial charge in [0.2, 0.25) is 0 Å². The SMILES string of the molecule is CCN(Cc1cccc(C2=NC(NCCc3ccc(O)cc3)NC=C2)c1)C1CCNC1. The molecule has 1 saturated heterocycles. The zero-order valence-electron chi connectivity index (χ0n) is 18.2. The van der Waals surface area contributed by atoms with Crippen LogP contribution < -0.4 is 16.0 Å². The third-order valence-electron chi connectivity index (χ3n) is 6.02. The molecule has 2 aromatic carbocycles. The van der Waals surface area contributed by atoms with Crippen molar-refractivity contribution in [1.29, 1.82) is 0 Å². The lowest BCUT2D eigenvalue weighted by Crippen LogP contribution is -2.41. The minimum absolute atomic E-state index is 0.141. The predicted molar refractivity (Wildman–Crippen MR) is 126 cm³/mol. The van der Waals surface area contributed by atoms with Crippen LogP contribution in [0.1, 0.15) is 30.0 Å². The second-order valence-electron chi connectivity index (χ2n) is 8.20. The van der Waals surface area contributed by atoms with Crippen LogP contribution in [-0.4, -0.2) is 54.2 Å². The number of hydrogen-bond acceptors (Lipinski definition) is 6. The Morgan fingerprint density at radius 1 is 1.16 bits per heavy atom. The van der Waals surface area contributed by atoms with Crippen molar-refractivity contribution < 1.29 is 5.11 Å². The number of rotatable bonds is 9. The maximum Gasteiger partial charge on any atom is 0.174 e. The van der Waals surface area contributed by atoms with Crippen molar-refractivity contribution in [3.8, 4) is 5.75 Å². The Hall–Kier alpha value is -2.67. The Morgan fingerprint density at radius 2 is 2.03 bits per heavy atom. The van der Waals surface area contributed by atoms with Crippen LogP contribution in [0.3, 0.4) is 0 Å². The third-order valence-corrected chi connectivity index (χ3v) is 6.02. The first kappa shape index (κ1) is 21.6. The average Bonchev–Trinajstić information content (AvgIpc) is 3.34. The molecule has 2 unspecified atom stereocenters. The van der Waals surface area contributed by atoms with E-state index in [2.05, 4.69) is 52.0 Å². The van der Waals surface area contributed by atoms with Crippen LogP contribution >= 0.6 is 0 Å². The van der Waals surface area contributed by atoms with Gasteiger partial charge in [-0.1, -0.05) is 37.3 Å². The molecule has 6 nitrogen and oxygen atoms in total. The van der Waals surface area contributed by atoms with E-state index in [1.54, 1.807) is 12.1 Å². The van der Waals surface area contributed by atoms with Crippen LogP contribution in [0.5, 0.6) is 5.75 Å². The highest BCUT2D eigenvalue weighted by atomic mass is 16.3. The zero-order valence-corrected chi connectivity index (χ0v) is 18.2. The fraction of sp³-hybridized carbons (Fsp3) is 0.400. The van der Waals surface area contributed by atoms with Gasteiger partial charge < -0.3 is 15.7 Å². The van der Waals surface area contributed by atoms with Gasteiger partial charge in [0.05, 0.1) is 5.71 Å². The Balaban J connectivity index is 1.36. The molecule has 2 atom stereocenters. The van der Waals surface area contributed by atoms with Crippen molar-refractivity contribution in [3.05, 3.63) is 77.5 Å². The molecule has 2 aromatic rings. The van der Waals surface area contributed by atoms with E-state index in [0.717, 1.165) is 50.4 Å². The van der Waals surface area contributed by atoms with Gasteiger partial charge in [0.1, 0.15) is 5.75 Å². The van der Waals surface area contributed by atoms with Gasteiger partial charge in [0.15, 0.2) is 6.29 Å². The van der Waals surface area contributed by atoms with E-state index in [9.17, 15) is 5.11 Å². The minimum atomic E-state index is -0.141. The third kappa shape index (κ3) is 5.94. The van der Waals surface area contributed by atoms with Crippen molar-refractivity contribution in [1.82, 2.24) is 20.9 Å². The van der Waals surface area contributed by atoms with Gasteiger partial charge in [-0.2, -0.15) is 0 Å². The van der Waals surface area contributed by atoms with Gasteiger partial charge in [0, 0.05) is 37.4 Å². The van der Waals surface area contributed by atoms with Crippen molar-refractivity contribution >= 4 is 5.71 Å². The summed E-state index contributed by atoms with van der Waals surface area (Å²) in [6, 6.07) is 16.7. The number of nitrogens with one attached hydrogen (secondary N) is 3. The lowest BCUT2D eigenvalue weighted by Gasteiger charge is -2.27. The maximum atomic E-state index is 9.40. The number of allylic oxidation sites excluding steroid dienone is 1. The smallest absolute Gasteiger partial charge is 0.174 e. The highest BCUT2D eigenvalue weighted by Gasteiger charge is 2.21. The van der Waals surface area contributed by atoms with Gasteiger partial charge in [-0.25, -0.2) is 4.99 Å². The highest BCUT2D eigenvalue weighted by Crippen LogP contribution is 2.16. The maximum absolute atomic E-state index is 9.40. The van der Waals surface area contributed by atoms with Crippen molar-refractivity contribution in [2.75, 3.05) is 26.2 Å². The number of aliphatic imine (C=N–C) groups is 1. The molecule has 4 N–H and O–H groups in total. The van der Waals surface area contributed by atoms with Gasteiger partial charge in [0.25, 0.3) is 0 Å². The van der Waals surface area contributed by atoms with Crippen LogP contribution in [0.4, 0.5) is 0 Å². The van der Waals surface area contributed by atoms with Gasteiger partial charge in [-0.3, -0.25) is 10.2 Å². The summed E-state index contributed by atoms with van der Waals surface area (Å²) in [5.74, 6) is 0.300. The summed E-state index contributed by atoms with van der Waals surface area (Å²) < 4.78 is 0. The number of benzene rings is 2. The lowest BCUT2D eigenvalue weighted by molar-refractivity contribution is 0.210. The Kier molecular flexibility index (Phi) is 7.35. The fourth-order valence-corrected chi connectivity index (χ4v) is 4.24. The Labute approximate surface area is 185 Å². The summed E-state index contributed by atoms with van der Waals surface area (Å²) in [6.45, 7) is 7.29. The number of phenolic OH excluding ortho intramolecular Hbond substituents is 1. The second kappa shape index (κ2) is 10.6. The lowest BCUT2D eigenvalue weighted by atomic mass is 10.0. The molecule has 4 rings (SSSR count). The molecular weight excluding hydrogens is 386 g/mol. The molecule has 6 heteroatoms. The summed E-state index contributed by atoms with van der Waals surface area (Å²) in [5.41, 5.74) is 4.67. The molecule has 0 aliphatic carbocycles. The van der Waals surface area contributed by atoms with E-state index >= 15 is 0 Å². The zero-order chi connectivity index (χ0) is 21.5. The van der Waals surface area contributed by atoms with E-state index < -0.39 is 0 Å². The highest BCUT2D eigenvalue weighted by molar-refractivity contribution is 6.09. The van der Waals surface area contributed by atoms with E-state index in [0.29, 0.717) is 11.8 Å². The Bertz CT molecular complexity index is 902. The second-order valence-corrected chi connectivity index (χ2v) is 8.20. The first-order valence-corrected chi connectivity index (χ1v) is 11.3. The molecule has 2 heterocycles. The number of aromatic hydroxyl groups is 1. The monoisotopic (exact) mass is 419 g/mol. The van der Waals surface area contributed by atoms with Crippen LogP contribution in [0.25, 0.3) is 0 Å². The molecule has 2 aliphatic heterocycles. The molecular formula is C25H33N5O. The topological polar surface area (TPSA) is 71.9 Å². The van der Waals surface area contributed by atoms with Crippen molar-refractivity contribution in [2.45, 2.75) is 38.6 Å². The summed E-state index contributed by atoms with van der Waals surface area (Å²) in [6.07, 6.45) is 5.97. The summed E-state index contributed by atoms with van der Waals surface area (Å²) in [5, 5.41) is 19.6. The normalized spacial score (nSPS) is 20.6. The van der Waals surface area contributed by atoms with E-state index in [1.165, 1.54) is 17.5 Å². The van der Waals surface area contributed by atoms with Gasteiger partial charge >= 0.3 is 0 Å². The molecule has 0 spiro atoms. The number of nitrogens with zero attached hydrogens (tertiary/aromatic N) is 2. The fourth-order valence-electron chi connectivity index (χ4n) is 4.24. The quantitative estimate of drug-likeness (QED) is 0.503. The number of likely N-dealkylation sites (N-methyl/N-ethyl adjacent to an activating group) is 1. The van der Waals surface area contributed by atoms with E-state index in [4.69, 9.17) is 4.99 Å². The predicted octanol–water partition coefficient (Wildman–Crippen LogP) is 2.60. The molecule has 31 heavy (non-hydrogen) atoms. The average molecular weight is 420 g/mol. The molecule has 0 amide bonds. The molecule has 0 radical (unpaired) electrons. The van der Waals surface area contributed by atoms with Crippen molar-refractivity contribution in [2.24, 2.45) is 4.99 Å². The molecule has 2 aliphatic rings. The molecule has 0 bridgehead atoms. The summed E-state index contributed by atoms with van der Waals surface area (Å²) >= 11 is 0. The molecule has 0 aromatic heterocycles. The van der Waals surface area contributed by atoms with Crippen LogP contribution in [0, 0.1) is 0 Å². The van der Waals surface area contributed by atoms with Crippen LogP contribution in [-0.2, 0) is 13.0 Å². The van der Waals surface area contributed by atoms with Gasteiger partial charge in [-0.05, 0) is 61.3 Å². The summed E-state index contributed by atoms with van der Waals surface area (Å²) in [4.78, 5) is 7.42. The van der Waals surface area contributed by atoms with E-state index in [1.807, 2.05) is 24.4 Å². The van der Waals surface area contributed by atoms with Gasteiger partial charge in [-0.15, -0.1) is 0 Å². The summed E-state index contributed by atoms with van der Waals surface area (Å²) in [7, 11) is 0. The largest absolute Gasteiger partial charge is 0.508 e. The molecule has 164 valence electrons. The molecule has 0 saturated carbocycles. The van der Waals surface area contributed by atoms with E-state index in [-0.39, 0.29) is 6.29 Å². The van der Waals surface area contributed by atoms with Crippen LogP contribution in [0.15, 0.2) is 65.8 Å². The molecule has 1 fully saturated rings. The minimum Gasteiger partial charge on any atom is -0.508 e. The first-order valence-electron chi connectivity index (χ1n) is 11.3. The standard InChI is InChI=1S/C25H33N5O/c1-2-30(22-11-13-26-17-22)18-20-4-3-5-21(16-20)24-12-15-28-25(29-24)27-14-10-19-6-8-23(31)9-7-19/h3-9,12,15-16,22,25-28,31H,2,10-11,13-14,17-18H2,1H3. The Morgan fingerprint density at radius 3 is 2.81 bits per heavy atom.